The van der Waals surface area contributed by atoms with Gasteiger partial charge >= 0.3 is 6.61 Å². The lowest BCUT2D eigenvalue weighted by Gasteiger charge is -2.08. The van der Waals surface area contributed by atoms with Gasteiger partial charge in [-0.05, 0) is 29.7 Å². The summed E-state index contributed by atoms with van der Waals surface area (Å²) in [6.45, 7) is 2.87. The number of halogens is 2. The number of aryl methyl sites for hydroxylation is 1. The van der Waals surface area contributed by atoms with Crippen LogP contribution in [0.3, 0.4) is 0 Å². The molecule has 0 bridgehead atoms. The van der Waals surface area contributed by atoms with Gasteiger partial charge in [0.25, 0.3) is 0 Å². The molecular formula is C12H14F2O. The monoisotopic (exact) mass is 212 g/mol. The molecular weight excluding hydrogens is 198 g/mol. The molecule has 0 heterocycles. The van der Waals surface area contributed by atoms with Crippen LogP contribution in [-0.2, 0) is 6.42 Å². The molecule has 1 rings (SSSR count). The average Bonchev–Trinajstić information content (AvgIpc) is 2.16. The summed E-state index contributed by atoms with van der Waals surface area (Å²) in [4.78, 5) is 0. The number of rotatable bonds is 5. The van der Waals surface area contributed by atoms with Gasteiger partial charge in [0, 0.05) is 0 Å². The number of hydrogen-bond acceptors (Lipinski definition) is 1. The zero-order valence-electron chi connectivity index (χ0n) is 8.67. The Balaban J connectivity index is 2.94. The Morgan fingerprint density at radius 1 is 1.40 bits per heavy atom. The van der Waals surface area contributed by atoms with E-state index in [1.165, 1.54) is 0 Å². The highest BCUT2D eigenvalue weighted by molar-refractivity contribution is 5.51. The zero-order valence-corrected chi connectivity index (χ0v) is 8.67. The summed E-state index contributed by atoms with van der Waals surface area (Å²) in [5.74, 6) is 0.200. The molecule has 0 N–H and O–H groups in total. The topological polar surface area (TPSA) is 9.23 Å². The van der Waals surface area contributed by atoms with E-state index < -0.39 is 6.61 Å². The number of hydrogen-bond donors (Lipinski definition) is 0. The van der Waals surface area contributed by atoms with Gasteiger partial charge in [0.1, 0.15) is 5.75 Å². The van der Waals surface area contributed by atoms with Crippen molar-refractivity contribution >= 4 is 6.08 Å². The van der Waals surface area contributed by atoms with Crippen molar-refractivity contribution in [1.82, 2.24) is 0 Å². The molecule has 0 aliphatic heterocycles. The third kappa shape index (κ3) is 3.70. The third-order valence-electron chi connectivity index (χ3n) is 1.99. The van der Waals surface area contributed by atoms with Gasteiger partial charge < -0.3 is 4.74 Å². The predicted octanol–water partition coefficient (Wildman–Crippen LogP) is 3.88. The van der Waals surface area contributed by atoms with Crippen LogP contribution in [0.25, 0.3) is 6.08 Å². The molecule has 1 aromatic carbocycles. The zero-order chi connectivity index (χ0) is 11.3. The van der Waals surface area contributed by atoms with Crippen LogP contribution in [0.1, 0.15) is 24.5 Å². The summed E-state index contributed by atoms with van der Waals surface area (Å²) in [5.41, 5.74) is 1.79. The van der Waals surface area contributed by atoms with Gasteiger partial charge in [0.15, 0.2) is 0 Å². The second-order valence-corrected chi connectivity index (χ2v) is 3.24. The van der Waals surface area contributed by atoms with Gasteiger partial charge in [-0.1, -0.05) is 32.1 Å². The molecule has 0 saturated heterocycles. The summed E-state index contributed by atoms with van der Waals surface area (Å²) in [6, 6.07) is 5.12. The van der Waals surface area contributed by atoms with Crippen molar-refractivity contribution in [2.75, 3.05) is 0 Å². The summed E-state index contributed by atoms with van der Waals surface area (Å²) in [6.07, 6.45) is 3.44. The van der Waals surface area contributed by atoms with Crippen molar-refractivity contribution in [3.05, 3.63) is 35.9 Å². The molecule has 0 radical (unpaired) electrons. The SMILES string of the molecule is C=Cc1cc(CCC)cc(OC(F)F)c1. The minimum atomic E-state index is -2.78. The second-order valence-electron chi connectivity index (χ2n) is 3.24. The Morgan fingerprint density at radius 2 is 2.13 bits per heavy atom. The molecule has 0 fully saturated rings. The maximum Gasteiger partial charge on any atom is 0.387 e. The van der Waals surface area contributed by atoms with Crippen LogP contribution in [0.5, 0.6) is 5.75 Å². The Kier molecular flexibility index (Phi) is 4.28. The first kappa shape index (κ1) is 11.7. The highest BCUT2D eigenvalue weighted by Gasteiger charge is 2.06. The first-order chi connectivity index (χ1) is 7.15. The quantitative estimate of drug-likeness (QED) is 0.719. The van der Waals surface area contributed by atoms with Gasteiger partial charge in [0.05, 0.1) is 0 Å². The van der Waals surface area contributed by atoms with Crippen molar-refractivity contribution in [2.45, 2.75) is 26.4 Å². The Morgan fingerprint density at radius 3 is 2.67 bits per heavy atom. The smallest absolute Gasteiger partial charge is 0.387 e. The lowest BCUT2D eigenvalue weighted by atomic mass is 10.1. The normalized spacial score (nSPS) is 10.4. The van der Waals surface area contributed by atoms with Gasteiger partial charge in [-0.2, -0.15) is 8.78 Å². The van der Waals surface area contributed by atoms with E-state index in [-0.39, 0.29) is 5.75 Å². The first-order valence-corrected chi connectivity index (χ1v) is 4.87. The Labute approximate surface area is 88.4 Å². The van der Waals surface area contributed by atoms with Gasteiger partial charge in [0.2, 0.25) is 0 Å². The maximum atomic E-state index is 12.0. The molecule has 0 aliphatic carbocycles. The highest BCUT2D eigenvalue weighted by Crippen LogP contribution is 2.21. The van der Waals surface area contributed by atoms with Crippen molar-refractivity contribution in [1.29, 1.82) is 0 Å². The largest absolute Gasteiger partial charge is 0.435 e. The Hall–Kier alpha value is -1.38. The van der Waals surface area contributed by atoms with Crippen molar-refractivity contribution in [3.8, 4) is 5.75 Å². The van der Waals surface area contributed by atoms with Crippen LogP contribution < -0.4 is 4.74 Å². The van der Waals surface area contributed by atoms with E-state index in [0.717, 1.165) is 24.0 Å². The molecule has 1 nitrogen and oxygen atoms in total. The molecule has 0 aromatic heterocycles. The van der Waals surface area contributed by atoms with Crippen molar-refractivity contribution in [3.63, 3.8) is 0 Å². The van der Waals surface area contributed by atoms with Crippen LogP contribution in [0.2, 0.25) is 0 Å². The van der Waals surface area contributed by atoms with E-state index >= 15 is 0 Å². The highest BCUT2D eigenvalue weighted by atomic mass is 19.3. The summed E-state index contributed by atoms with van der Waals surface area (Å²) in [7, 11) is 0. The fourth-order valence-electron chi connectivity index (χ4n) is 1.41. The van der Waals surface area contributed by atoms with Gasteiger partial charge in [-0.25, -0.2) is 0 Å². The molecule has 0 unspecified atom stereocenters. The number of alkyl halides is 2. The summed E-state index contributed by atoms with van der Waals surface area (Å²) in [5, 5.41) is 0. The van der Waals surface area contributed by atoms with Crippen LogP contribution in [0.15, 0.2) is 24.8 Å². The van der Waals surface area contributed by atoms with E-state index in [4.69, 9.17) is 0 Å². The minimum Gasteiger partial charge on any atom is -0.435 e. The number of benzene rings is 1. The predicted molar refractivity (Wildman–Crippen MR) is 57.2 cm³/mol. The molecule has 0 atom stereocenters. The van der Waals surface area contributed by atoms with Crippen LogP contribution in [-0.4, -0.2) is 6.61 Å². The van der Waals surface area contributed by atoms with E-state index in [9.17, 15) is 8.78 Å². The molecule has 0 aliphatic rings. The van der Waals surface area contributed by atoms with Crippen molar-refractivity contribution in [2.24, 2.45) is 0 Å². The average molecular weight is 212 g/mol. The third-order valence-corrected chi connectivity index (χ3v) is 1.99. The molecule has 82 valence electrons. The second kappa shape index (κ2) is 5.49. The fraction of sp³-hybridized carbons (Fsp3) is 0.333. The van der Waals surface area contributed by atoms with E-state index in [1.54, 1.807) is 18.2 Å². The Bertz CT molecular complexity index is 334. The van der Waals surface area contributed by atoms with Gasteiger partial charge in [-0.15, -0.1) is 0 Å². The molecule has 3 heteroatoms. The van der Waals surface area contributed by atoms with E-state index in [1.807, 2.05) is 13.0 Å². The van der Waals surface area contributed by atoms with Crippen LogP contribution >= 0.6 is 0 Å². The lowest BCUT2D eigenvalue weighted by molar-refractivity contribution is -0.0498. The minimum absolute atomic E-state index is 0.200. The van der Waals surface area contributed by atoms with Gasteiger partial charge in [-0.3, -0.25) is 0 Å². The molecule has 1 aromatic rings. The van der Waals surface area contributed by atoms with Crippen molar-refractivity contribution < 1.29 is 13.5 Å². The molecule has 15 heavy (non-hydrogen) atoms. The summed E-state index contributed by atoms with van der Waals surface area (Å²) < 4.78 is 28.4. The standard InChI is InChI=1S/C12H14F2O/c1-3-5-10-6-9(4-2)7-11(8-10)15-12(13)14/h4,6-8,12H,2-3,5H2,1H3. The first-order valence-electron chi connectivity index (χ1n) is 4.87. The molecule has 0 saturated carbocycles. The van der Waals surface area contributed by atoms with E-state index in [2.05, 4.69) is 11.3 Å². The van der Waals surface area contributed by atoms with E-state index in [0.29, 0.717) is 0 Å². The molecule has 0 amide bonds. The lowest BCUT2D eigenvalue weighted by Crippen LogP contribution is -2.02. The van der Waals surface area contributed by atoms with Crippen LogP contribution in [0, 0.1) is 0 Å². The number of ether oxygens (including phenoxy) is 1. The molecule has 0 spiro atoms. The summed E-state index contributed by atoms with van der Waals surface area (Å²) >= 11 is 0. The maximum absolute atomic E-state index is 12.0. The van der Waals surface area contributed by atoms with Crippen LogP contribution in [0.4, 0.5) is 8.78 Å². The fourth-order valence-corrected chi connectivity index (χ4v) is 1.41.